The zero-order valence-electron chi connectivity index (χ0n) is 12.8. The molecular weight excluding hydrogens is 268 g/mol. The summed E-state index contributed by atoms with van der Waals surface area (Å²) in [7, 11) is 0. The smallest absolute Gasteiger partial charge is 0.344 e. The van der Waals surface area contributed by atoms with Gasteiger partial charge in [0.2, 0.25) is 0 Å². The number of piperidine rings is 1. The molecule has 116 valence electrons. The summed E-state index contributed by atoms with van der Waals surface area (Å²) in [4.78, 5) is 13.6. The van der Waals surface area contributed by atoms with Crippen LogP contribution in [-0.4, -0.2) is 32.3 Å². The third-order valence-corrected chi connectivity index (χ3v) is 3.66. The van der Waals surface area contributed by atoms with Gasteiger partial charge in [-0.25, -0.2) is 4.79 Å². The van der Waals surface area contributed by atoms with Crippen LogP contribution in [0.4, 0.5) is 11.4 Å². The van der Waals surface area contributed by atoms with E-state index in [0.717, 1.165) is 18.8 Å². The molecule has 1 aromatic rings. The molecule has 0 radical (unpaired) electrons. The zero-order valence-corrected chi connectivity index (χ0v) is 12.8. The zero-order chi connectivity index (χ0) is 15.2. The highest BCUT2D eigenvalue weighted by atomic mass is 16.6. The molecule has 5 nitrogen and oxygen atoms in total. The lowest BCUT2D eigenvalue weighted by Crippen LogP contribution is -2.34. The molecule has 0 bridgehead atoms. The van der Waals surface area contributed by atoms with Gasteiger partial charge in [0.05, 0.1) is 18.0 Å². The van der Waals surface area contributed by atoms with E-state index in [1.54, 1.807) is 13.0 Å². The average molecular weight is 292 g/mol. The van der Waals surface area contributed by atoms with Crippen LogP contribution < -0.4 is 15.4 Å². The van der Waals surface area contributed by atoms with Crippen LogP contribution in [0.3, 0.4) is 0 Å². The van der Waals surface area contributed by atoms with Crippen LogP contribution in [0.2, 0.25) is 0 Å². The fraction of sp³-hybridized carbons (Fsp3) is 0.562. The molecule has 5 heteroatoms. The summed E-state index contributed by atoms with van der Waals surface area (Å²) in [6.07, 6.45) is 2.47. The van der Waals surface area contributed by atoms with Gasteiger partial charge in [0.1, 0.15) is 5.75 Å². The summed E-state index contributed by atoms with van der Waals surface area (Å²) in [5.74, 6) is 0.914. The van der Waals surface area contributed by atoms with Crippen molar-refractivity contribution < 1.29 is 14.3 Å². The molecule has 1 saturated heterocycles. The lowest BCUT2D eigenvalue weighted by molar-refractivity contribution is -0.145. The second kappa shape index (κ2) is 7.20. The number of nitrogens with zero attached hydrogens (tertiary/aromatic N) is 1. The van der Waals surface area contributed by atoms with Crippen molar-refractivity contribution in [1.82, 2.24) is 0 Å². The first kappa shape index (κ1) is 15.5. The van der Waals surface area contributed by atoms with Gasteiger partial charge in [-0.3, -0.25) is 0 Å². The number of carbonyl (C=O) groups excluding carboxylic acids is 1. The first-order valence-electron chi connectivity index (χ1n) is 7.53. The average Bonchev–Trinajstić information content (AvgIpc) is 2.45. The first-order valence-corrected chi connectivity index (χ1v) is 7.53. The van der Waals surface area contributed by atoms with E-state index in [2.05, 4.69) is 11.8 Å². The van der Waals surface area contributed by atoms with Crippen LogP contribution in [0.15, 0.2) is 18.2 Å². The molecular formula is C16H24N2O3. The maximum absolute atomic E-state index is 11.3. The molecule has 1 unspecified atom stereocenters. The van der Waals surface area contributed by atoms with Crippen LogP contribution in [0, 0.1) is 5.92 Å². The first-order chi connectivity index (χ1) is 10.1. The fourth-order valence-electron chi connectivity index (χ4n) is 2.66. The van der Waals surface area contributed by atoms with E-state index in [-0.39, 0.29) is 12.6 Å². The predicted octanol–water partition coefficient (Wildman–Crippen LogP) is 2.45. The van der Waals surface area contributed by atoms with Crippen molar-refractivity contribution in [1.29, 1.82) is 0 Å². The standard InChI is InChI=1S/C16H24N2O3/c1-3-20-16(19)11-21-13-6-7-15(14(17)9-13)18-8-4-5-12(2)10-18/h6-7,9,12H,3-5,8,10-11,17H2,1-2H3. The number of ether oxygens (including phenoxy) is 2. The molecule has 0 saturated carbocycles. The minimum Gasteiger partial charge on any atom is -0.482 e. The van der Waals surface area contributed by atoms with Gasteiger partial charge in [-0.05, 0) is 37.8 Å². The molecule has 1 fully saturated rings. The van der Waals surface area contributed by atoms with Crippen LogP contribution in [0.25, 0.3) is 0 Å². The van der Waals surface area contributed by atoms with Gasteiger partial charge < -0.3 is 20.1 Å². The number of nitrogens with two attached hydrogens (primary N) is 1. The molecule has 2 rings (SSSR count). The summed E-state index contributed by atoms with van der Waals surface area (Å²) in [5, 5.41) is 0. The Balaban J connectivity index is 1.98. The van der Waals surface area contributed by atoms with E-state index in [0.29, 0.717) is 24.0 Å². The number of hydrogen-bond acceptors (Lipinski definition) is 5. The van der Waals surface area contributed by atoms with E-state index in [9.17, 15) is 4.79 Å². The Morgan fingerprint density at radius 2 is 2.29 bits per heavy atom. The van der Waals surface area contributed by atoms with Gasteiger partial charge in [-0.2, -0.15) is 0 Å². The highest BCUT2D eigenvalue weighted by molar-refractivity contribution is 5.72. The molecule has 0 spiro atoms. The Kier molecular flexibility index (Phi) is 5.31. The highest BCUT2D eigenvalue weighted by Crippen LogP contribution is 2.30. The summed E-state index contributed by atoms with van der Waals surface area (Å²) >= 11 is 0. The Morgan fingerprint density at radius 3 is 2.95 bits per heavy atom. The highest BCUT2D eigenvalue weighted by Gasteiger charge is 2.18. The van der Waals surface area contributed by atoms with Gasteiger partial charge in [0.15, 0.2) is 6.61 Å². The lowest BCUT2D eigenvalue weighted by atomic mass is 9.99. The maximum atomic E-state index is 11.3. The summed E-state index contributed by atoms with van der Waals surface area (Å²) in [5.41, 5.74) is 7.86. The summed E-state index contributed by atoms with van der Waals surface area (Å²) in [6.45, 7) is 6.37. The number of anilines is 2. The summed E-state index contributed by atoms with van der Waals surface area (Å²) < 4.78 is 10.2. The fourth-order valence-corrected chi connectivity index (χ4v) is 2.66. The van der Waals surface area contributed by atoms with Crippen molar-refractivity contribution in [2.24, 2.45) is 5.92 Å². The maximum Gasteiger partial charge on any atom is 0.344 e. The van der Waals surface area contributed by atoms with E-state index < -0.39 is 0 Å². The molecule has 21 heavy (non-hydrogen) atoms. The SMILES string of the molecule is CCOC(=O)COc1ccc(N2CCCC(C)C2)c(N)c1. The third-order valence-electron chi connectivity index (χ3n) is 3.66. The molecule has 0 aliphatic carbocycles. The van der Waals surface area contributed by atoms with Crippen LogP contribution in [-0.2, 0) is 9.53 Å². The Bertz CT molecular complexity index is 490. The van der Waals surface area contributed by atoms with E-state index in [1.165, 1.54) is 12.8 Å². The molecule has 1 heterocycles. The van der Waals surface area contributed by atoms with E-state index >= 15 is 0 Å². The van der Waals surface area contributed by atoms with Crippen molar-refractivity contribution in [2.75, 3.05) is 36.9 Å². The Hall–Kier alpha value is -1.91. The quantitative estimate of drug-likeness (QED) is 0.667. The van der Waals surface area contributed by atoms with Crippen molar-refractivity contribution in [3.63, 3.8) is 0 Å². The normalized spacial score (nSPS) is 18.4. The Labute approximate surface area is 126 Å². The van der Waals surface area contributed by atoms with Crippen LogP contribution >= 0.6 is 0 Å². The number of hydrogen-bond donors (Lipinski definition) is 1. The molecule has 1 aliphatic heterocycles. The second-order valence-corrected chi connectivity index (χ2v) is 5.51. The van der Waals surface area contributed by atoms with Crippen molar-refractivity contribution in [3.8, 4) is 5.75 Å². The van der Waals surface area contributed by atoms with Gasteiger partial charge in [0.25, 0.3) is 0 Å². The minimum atomic E-state index is -0.370. The monoisotopic (exact) mass is 292 g/mol. The molecule has 0 amide bonds. The van der Waals surface area contributed by atoms with Gasteiger partial charge in [0, 0.05) is 19.2 Å². The second-order valence-electron chi connectivity index (χ2n) is 5.51. The number of rotatable bonds is 5. The van der Waals surface area contributed by atoms with E-state index in [4.69, 9.17) is 15.2 Å². The van der Waals surface area contributed by atoms with Gasteiger partial charge in [-0.15, -0.1) is 0 Å². The van der Waals surface area contributed by atoms with Crippen LogP contribution in [0.1, 0.15) is 26.7 Å². The molecule has 1 aliphatic rings. The molecule has 1 atom stereocenters. The molecule has 0 aromatic heterocycles. The number of nitrogen functional groups attached to an aromatic ring is 1. The van der Waals surface area contributed by atoms with Gasteiger partial charge in [-0.1, -0.05) is 6.92 Å². The van der Waals surface area contributed by atoms with Gasteiger partial charge >= 0.3 is 5.97 Å². The lowest BCUT2D eigenvalue weighted by Gasteiger charge is -2.33. The molecule has 1 aromatic carbocycles. The van der Waals surface area contributed by atoms with Crippen molar-refractivity contribution in [3.05, 3.63) is 18.2 Å². The number of esters is 1. The van der Waals surface area contributed by atoms with Crippen molar-refractivity contribution in [2.45, 2.75) is 26.7 Å². The Morgan fingerprint density at radius 1 is 1.48 bits per heavy atom. The van der Waals surface area contributed by atoms with Crippen molar-refractivity contribution >= 4 is 17.3 Å². The largest absolute Gasteiger partial charge is 0.482 e. The number of carbonyl (C=O) groups is 1. The van der Waals surface area contributed by atoms with Crippen LogP contribution in [0.5, 0.6) is 5.75 Å². The molecule has 2 N–H and O–H groups in total. The predicted molar refractivity (Wildman–Crippen MR) is 83.6 cm³/mol. The topological polar surface area (TPSA) is 64.8 Å². The third kappa shape index (κ3) is 4.28. The van der Waals surface area contributed by atoms with E-state index in [1.807, 2.05) is 12.1 Å². The minimum absolute atomic E-state index is 0.0899. The summed E-state index contributed by atoms with van der Waals surface area (Å²) in [6, 6.07) is 5.59. The number of benzene rings is 1.